The molecule has 5 rings (SSSR count). The molecule has 43 heavy (non-hydrogen) atoms. The highest BCUT2D eigenvalue weighted by molar-refractivity contribution is 5.95. The Labute approximate surface area is 250 Å². The molecule has 9 heteroatoms. The number of rotatable bonds is 8. The molecule has 1 aliphatic carbocycles. The lowest BCUT2D eigenvalue weighted by molar-refractivity contribution is -0.139. The van der Waals surface area contributed by atoms with Crippen LogP contribution in [0.1, 0.15) is 59.4 Å². The number of ether oxygens (including phenoxy) is 1. The molecule has 0 fully saturated rings. The molecular weight excluding hydrogens is 544 g/mol. The molecule has 1 heterocycles. The van der Waals surface area contributed by atoms with Crippen molar-refractivity contribution < 1.29 is 24.2 Å². The fourth-order valence-electron chi connectivity index (χ4n) is 5.22. The zero-order valence-electron chi connectivity index (χ0n) is 24.5. The molecule has 3 N–H and O–H groups in total. The number of alkyl carbamates (subject to hydrolysis) is 1. The van der Waals surface area contributed by atoms with E-state index in [1.54, 1.807) is 6.92 Å². The van der Waals surface area contributed by atoms with Crippen LogP contribution in [-0.2, 0) is 14.9 Å². The number of aryl methyl sites for hydroxylation is 1. The Bertz CT molecular complexity index is 1630. The van der Waals surface area contributed by atoms with Crippen molar-refractivity contribution in [3.8, 4) is 22.5 Å². The van der Waals surface area contributed by atoms with Crippen molar-refractivity contribution in [1.82, 2.24) is 20.6 Å². The number of aliphatic carboxylic acids is 1. The lowest BCUT2D eigenvalue weighted by atomic mass is 9.87. The van der Waals surface area contributed by atoms with Crippen molar-refractivity contribution in [3.63, 3.8) is 0 Å². The van der Waals surface area contributed by atoms with Crippen molar-refractivity contribution in [1.29, 1.82) is 0 Å². The number of carboxylic acid groups (broad SMARTS) is 1. The normalized spacial score (nSPS) is 13.0. The summed E-state index contributed by atoms with van der Waals surface area (Å²) in [6.07, 6.45) is 0.532. The number of benzene rings is 3. The van der Waals surface area contributed by atoms with Gasteiger partial charge in [0.1, 0.15) is 12.6 Å². The molecule has 3 aromatic carbocycles. The maximum absolute atomic E-state index is 12.9. The number of hydrogen-bond acceptors (Lipinski definition) is 6. The van der Waals surface area contributed by atoms with E-state index in [4.69, 9.17) is 4.74 Å². The summed E-state index contributed by atoms with van der Waals surface area (Å²) in [6.45, 7) is 7.79. The van der Waals surface area contributed by atoms with Crippen molar-refractivity contribution in [2.75, 3.05) is 13.2 Å². The lowest BCUT2D eigenvalue weighted by Gasteiger charge is -2.19. The summed E-state index contributed by atoms with van der Waals surface area (Å²) in [4.78, 5) is 46.2. The molecule has 0 unspecified atom stereocenters. The van der Waals surface area contributed by atoms with Crippen LogP contribution in [0.15, 0.2) is 79.0 Å². The maximum atomic E-state index is 12.9. The molecule has 1 atom stereocenters. The Hall–Kier alpha value is -5.05. The monoisotopic (exact) mass is 578 g/mol. The SMILES string of the molecule is Cc1nc(-c2ccc(C(C)(C)C)cc2)ncc1C(=O)NC[C@H](NC(=O)OCC1c2ccccc2-c2ccccc21)C(=O)O. The van der Waals surface area contributed by atoms with Crippen LogP contribution in [0.4, 0.5) is 4.79 Å². The summed E-state index contributed by atoms with van der Waals surface area (Å²) in [6, 6.07) is 22.4. The van der Waals surface area contributed by atoms with Gasteiger partial charge in [0.25, 0.3) is 5.91 Å². The van der Waals surface area contributed by atoms with Gasteiger partial charge in [-0.05, 0) is 40.2 Å². The van der Waals surface area contributed by atoms with Gasteiger partial charge < -0.3 is 20.5 Å². The Morgan fingerprint density at radius 2 is 1.53 bits per heavy atom. The lowest BCUT2D eigenvalue weighted by Crippen LogP contribution is -2.48. The molecule has 9 nitrogen and oxygen atoms in total. The molecule has 1 aliphatic rings. The quantitative estimate of drug-likeness (QED) is 0.253. The van der Waals surface area contributed by atoms with Gasteiger partial charge in [0.2, 0.25) is 0 Å². The predicted molar refractivity (Wildman–Crippen MR) is 163 cm³/mol. The van der Waals surface area contributed by atoms with Crippen LogP contribution < -0.4 is 10.6 Å². The van der Waals surface area contributed by atoms with Gasteiger partial charge in [-0.2, -0.15) is 0 Å². The molecule has 220 valence electrons. The summed E-state index contributed by atoms with van der Waals surface area (Å²) >= 11 is 0. The Morgan fingerprint density at radius 3 is 2.09 bits per heavy atom. The number of aromatic nitrogens is 2. The molecule has 0 radical (unpaired) electrons. The minimum Gasteiger partial charge on any atom is -0.480 e. The van der Waals surface area contributed by atoms with Crippen LogP contribution in [0.5, 0.6) is 0 Å². The second kappa shape index (κ2) is 12.1. The Kier molecular flexibility index (Phi) is 8.25. The first kappa shape index (κ1) is 29.4. The van der Waals surface area contributed by atoms with Crippen LogP contribution in [0.2, 0.25) is 0 Å². The highest BCUT2D eigenvalue weighted by Gasteiger charge is 2.30. The van der Waals surface area contributed by atoms with Gasteiger partial charge in [-0.1, -0.05) is 93.6 Å². The van der Waals surface area contributed by atoms with Crippen LogP contribution in [0.25, 0.3) is 22.5 Å². The van der Waals surface area contributed by atoms with Crippen LogP contribution in [0, 0.1) is 6.92 Å². The number of fused-ring (bicyclic) bond motifs is 3. The van der Waals surface area contributed by atoms with E-state index in [9.17, 15) is 19.5 Å². The van der Waals surface area contributed by atoms with E-state index in [1.807, 2.05) is 72.8 Å². The highest BCUT2D eigenvalue weighted by atomic mass is 16.5. The molecule has 2 amide bonds. The number of nitrogens with zero attached hydrogens (tertiary/aromatic N) is 2. The van der Waals surface area contributed by atoms with E-state index >= 15 is 0 Å². The molecule has 1 aromatic heterocycles. The number of carbonyl (C=O) groups is 3. The second-order valence-electron chi connectivity index (χ2n) is 11.6. The van der Waals surface area contributed by atoms with Crippen LogP contribution in [-0.4, -0.2) is 52.2 Å². The zero-order chi connectivity index (χ0) is 30.7. The van der Waals surface area contributed by atoms with Gasteiger partial charge in [0.15, 0.2) is 5.82 Å². The van der Waals surface area contributed by atoms with Gasteiger partial charge in [-0.3, -0.25) is 4.79 Å². The Balaban J connectivity index is 1.18. The van der Waals surface area contributed by atoms with Gasteiger partial charge in [-0.25, -0.2) is 19.6 Å². The van der Waals surface area contributed by atoms with Gasteiger partial charge in [-0.15, -0.1) is 0 Å². The number of amides is 2. The zero-order valence-corrected chi connectivity index (χ0v) is 24.5. The fourth-order valence-corrected chi connectivity index (χ4v) is 5.22. The third kappa shape index (κ3) is 6.40. The van der Waals surface area contributed by atoms with Gasteiger partial charge in [0.05, 0.1) is 11.3 Å². The number of carboxylic acids is 1. The average molecular weight is 579 g/mol. The summed E-state index contributed by atoms with van der Waals surface area (Å²) in [5, 5.41) is 14.6. The maximum Gasteiger partial charge on any atom is 0.407 e. The molecule has 0 saturated heterocycles. The minimum atomic E-state index is -1.40. The summed E-state index contributed by atoms with van der Waals surface area (Å²) < 4.78 is 5.47. The second-order valence-corrected chi connectivity index (χ2v) is 11.6. The van der Waals surface area contributed by atoms with E-state index in [2.05, 4.69) is 41.4 Å². The van der Waals surface area contributed by atoms with Gasteiger partial charge in [0, 0.05) is 24.2 Å². The van der Waals surface area contributed by atoms with E-state index in [0.29, 0.717) is 11.5 Å². The smallest absolute Gasteiger partial charge is 0.407 e. The van der Waals surface area contributed by atoms with Crippen molar-refractivity contribution >= 4 is 18.0 Å². The van der Waals surface area contributed by atoms with E-state index in [-0.39, 0.29) is 30.0 Å². The van der Waals surface area contributed by atoms with E-state index in [0.717, 1.165) is 27.8 Å². The molecule has 0 spiro atoms. The topological polar surface area (TPSA) is 131 Å². The molecule has 0 saturated carbocycles. The van der Waals surface area contributed by atoms with Crippen LogP contribution >= 0.6 is 0 Å². The minimum absolute atomic E-state index is 0.0189. The largest absolute Gasteiger partial charge is 0.480 e. The first-order valence-corrected chi connectivity index (χ1v) is 14.1. The molecule has 0 bridgehead atoms. The first-order chi connectivity index (χ1) is 20.5. The third-order valence-corrected chi connectivity index (χ3v) is 7.63. The fraction of sp³-hybridized carbons (Fsp3) is 0.265. The summed E-state index contributed by atoms with van der Waals surface area (Å²) in [7, 11) is 0. The van der Waals surface area contributed by atoms with Crippen molar-refractivity contribution in [2.24, 2.45) is 0 Å². The van der Waals surface area contributed by atoms with Gasteiger partial charge >= 0.3 is 12.1 Å². The van der Waals surface area contributed by atoms with Crippen LogP contribution in [0.3, 0.4) is 0 Å². The van der Waals surface area contributed by atoms with Crippen molar-refractivity contribution in [2.45, 2.75) is 45.1 Å². The average Bonchev–Trinajstić information content (AvgIpc) is 3.31. The standard InChI is InChI=1S/C34H34N4O5/c1-20-27(17-35-30(37-20)21-13-15-22(16-14-21)34(2,3)4)31(39)36-18-29(32(40)41)38-33(42)43-19-28-25-11-7-5-9-23(25)24-10-6-8-12-26(24)28/h5-17,28-29H,18-19H2,1-4H3,(H,36,39)(H,38,42)(H,40,41)/t29-/m0/s1. The number of nitrogens with one attached hydrogen (secondary N) is 2. The summed E-state index contributed by atoms with van der Waals surface area (Å²) in [5.74, 6) is -1.54. The highest BCUT2D eigenvalue weighted by Crippen LogP contribution is 2.44. The molecule has 0 aliphatic heterocycles. The molecular formula is C34H34N4O5. The number of hydrogen-bond donors (Lipinski definition) is 3. The summed E-state index contributed by atoms with van der Waals surface area (Å²) in [5.41, 5.74) is 6.94. The number of carbonyl (C=O) groups excluding carboxylic acids is 2. The molecule has 4 aromatic rings. The third-order valence-electron chi connectivity index (χ3n) is 7.63. The van der Waals surface area contributed by atoms with E-state index in [1.165, 1.54) is 11.8 Å². The first-order valence-electron chi connectivity index (χ1n) is 14.1. The van der Waals surface area contributed by atoms with Crippen molar-refractivity contribution in [3.05, 3.63) is 107 Å². The Morgan fingerprint density at radius 1 is 0.930 bits per heavy atom. The van der Waals surface area contributed by atoms with E-state index < -0.39 is 24.0 Å². The predicted octanol–water partition coefficient (Wildman–Crippen LogP) is 5.47.